The van der Waals surface area contributed by atoms with Crippen molar-refractivity contribution in [2.45, 2.75) is 33.6 Å². The Labute approximate surface area is 78.6 Å². The molecule has 1 atom stereocenters. The van der Waals surface area contributed by atoms with Crippen molar-refractivity contribution in [3.8, 4) is 0 Å². The summed E-state index contributed by atoms with van der Waals surface area (Å²) in [6, 6.07) is 0. The van der Waals surface area contributed by atoms with Crippen LogP contribution >= 0.6 is 15.9 Å². The van der Waals surface area contributed by atoms with E-state index in [1.807, 2.05) is 6.92 Å². The van der Waals surface area contributed by atoms with E-state index in [1.165, 1.54) is 6.42 Å². The van der Waals surface area contributed by atoms with Crippen LogP contribution in [0.25, 0.3) is 0 Å². The molecule has 0 spiro atoms. The topological polar surface area (TPSA) is 9.23 Å². The normalized spacial score (nSPS) is 16.4. The molecule has 0 saturated carbocycles. The molecule has 0 saturated heterocycles. The quantitative estimate of drug-likeness (QED) is 0.496. The van der Waals surface area contributed by atoms with E-state index in [-0.39, 0.29) is 0 Å². The van der Waals surface area contributed by atoms with Gasteiger partial charge in [-0.1, -0.05) is 29.8 Å². The first-order valence-corrected chi connectivity index (χ1v) is 5.44. The second-order valence-corrected chi connectivity index (χ2v) is 3.81. The Bertz CT molecular complexity index is 89.6. The van der Waals surface area contributed by atoms with E-state index in [1.54, 1.807) is 0 Å². The van der Waals surface area contributed by atoms with Gasteiger partial charge in [-0.05, 0) is 25.2 Å². The van der Waals surface area contributed by atoms with Gasteiger partial charge in [0.1, 0.15) is 0 Å². The summed E-state index contributed by atoms with van der Waals surface area (Å²) in [6.45, 7) is 8.29. The van der Waals surface area contributed by atoms with Crippen LogP contribution in [0, 0.1) is 5.41 Å². The van der Waals surface area contributed by atoms with Gasteiger partial charge in [0.05, 0.1) is 0 Å². The van der Waals surface area contributed by atoms with Crippen molar-refractivity contribution in [1.82, 2.24) is 0 Å². The molecule has 2 heteroatoms. The molecule has 0 aliphatic heterocycles. The first-order chi connectivity index (χ1) is 5.18. The lowest BCUT2D eigenvalue weighted by molar-refractivity contribution is 0.114. The summed E-state index contributed by atoms with van der Waals surface area (Å²) in [6.07, 6.45) is 2.37. The number of ether oxygens (including phenoxy) is 1. The Morgan fingerprint density at radius 3 is 2.36 bits per heavy atom. The van der Waals surface area contributed by atoms with Gasteiger partial charge in [-0.25, -0.2) is 0 Å². The zero-order valence-electron chi connectivity index (χ0n) is 7.82. The number of halogens is 1. The number of rotatable bonds is 6. The van der Waals surface area contributed by atoms with Gasteiger partial charge in [-0.2, -0.15) is 0 Å². The molecule has 0 aliphatic rings. The first-order valence-electron chi connectivity index (χ1n) is 4.32. The molecule has 0 rings (SSSR count). The maximum Gasteiger partial charge on any atom is 0.0471 e. The van der Waals surface area contributed by atoms with Crippen LogP contribution in [0.5, 0.6) is 0 Å². The second-order valence-electron chi connectivity index (χ2n) is 3.24. The Morgan fingerprint density at radius 2 is 2.00 bits per heavy atom. The van der Waals surface area contributed by atoms with Crippen LogP contribution in [0.1, 0.15) is 33.6 Å². The lowest BCUT2D eigenvalue weighted by Gasteiger charge is -2.25. The zero-order valence-corrected chi connectivity index (χ0v) is 9.41. The van der Waals surface area contributed by atoms with Gasteiger partial charge in [-0.15, -0.1) is 0 Å². The average Bonchev–Trinajstić information content (AvgIpc) is 2.05. The maximum atomic E-state index is 5.31. The molecule has 0 amide bonds. The minimum Gasteiger partial charge on any atom is -0.382 e. The summed E-state index contributed by atoms with van der Waals surface area (Å²) in [4.78, 5) is 0. The van der Waals surface area contributed by atoms with Gasteiger partial charge in [0, 0.05) is 18.5 Å². The minimum absolute atomic E-state index is 0.426. The third kappa shape index (κ3) is 4.81. The van der Waals surface area contributed by atoms with E-state index in [0.29, 0.717) is 5.41 Å². The monoisotopic (exact) mass is 222 g/mol. The lowest BCUT2D eigenvalue weighted by atomic mass is 9.87. The Morgan fingerprint density at radius 1 is 1.36 bits per heavy atom. The van der Waals surface area contributed by atoms with Crippen molar-refractivity contribution < 1.29 is 4.74 Å². The predicted octanol–water partition coefficient (Wildman–Crippen LogP) is 3.22. The fourth-order valence-electron chi connectivity index (χ4n) is 0.801. The zero-order chi connectivity index (χ0) is 8.74. The third-order valence-electron chi connectivity index (χ3n) is 2.23. The number of alkyl halides is 1. The molecule has 0 aromatic rings. The number of hydrogen-bond donors (Lipinski definition) is 0. The van der Waals surface area contributed by atoms with Crippen LogP contribution in [-0.4, -0.2) is 18.5 Å². The summed E-state index contributed by atoms with van der Waals surface area (Å²) in [5.74, 6) is 0. The molecule has 1 unspecified atom stereocenters. The molecule has 0 aromatic heterocycles. The highest BCUT2D eigenvalue weighted by Crippen LogP contribution is 2.27. The second kappa shape index (κ2) is 6.01. The van der Waals surface area contributed by atoms with Gasteiger partial charge < -0.3 is 4.74 Å². The molecule has 68 valence electrons. The maximum absolute atomic E-state index is 5.31. The van der Waals surface area contributed by atoms with Crippen molar-refractivity contribution in [2.24, 2.45) is 5.41 Å². The molecule has 0 heterocycles. The van der Waals surface area contributed by atoms with Crippen molar-refractivity contribution in [2.75, 3.05) is 18.5 Å². The standard InChI is InChI=1S/C9H19BrO/c1-4-9(3,8-10)6-7-11-5-2/h4-8H2,1-3H3. The fourth-order valence-corrected chi connectivity index (χ4v) is 1.48. The Kier molecular flexibility index (Phi) is 6.25. The highest BCUT2D eigenvalue weighted by Gasteiger charge is 2.19. The summed E-state index contributed by atoms with van der Waals surface area (Å²) in [7, 11) is 0. The molecule has 0 bridgehead atoms. The van der Waals surface area contributed by atoms with Crippen LogP contribution in [-0.2, 0) is 4.74 Å². The van der Waals surface area contributed by atoms with Crippen LogP contribution in [0.3, 0.4) is 0 Å². The first kappa shape index (κ1) is 11.4. The van der Waals surface area contributed by atoms with Crippen molar-refractivity contribution in [1.29, 1.82) is 0 Å². The van der Waals surface area contributed by atoms with Crippen LogP contribution in [0.2, 0.25) is 0 Å². The predicted molar refractivity (Wildman–Crippen MR) is 53.3 cm³/mol. The molecule has 0 radical (unpaired) electrons. The van der Waals surface area contributed by atoms with E-state index in [9.17, 15) is 0 Å². The largest absolute Gasteiger partial charge is 0.382 e. The van der Waals surface area contributed by atoms with E-state index < -0.39 is 0 Å². The minimum atomic E-state index is 0.426. The molecule has 1 nitrogen and oxygen atoms in total. The summed E-state index contributed by atoms with van der Waals surface area (Å²) < 4.78 is 5.31. The highest BCUT2D eigenvalue weighted by molar-refractivity contribution is 9.09. The summed E-state index contributed by atoms with van der Waals surface area (Å²) >= 11 is 3.53. The van der Waals surface area contributed by atoms with Gasteiger partial charge in [-0.3, -0.25) is 0 Å². The SMILES string of the molecule is CCOCCC(C)(CC)CBr. The van der Waals surface area contributed by atoms with E-state index in [0.717, 1.165) is 25.0 Å². The Hall–Kier alpha value is 0.440. The molecule has 0 aromatic carbocycles. The molecule has 0 aliphatic carbocycles. The van der Waals surface area contributed by atoms with Crippen LogP contribution in [0.15, 0.2) is 0 Å². The van der Waals surface area contributed by atoms with Gasteiger partial charge >= 0.3 is 0 Å². The van der Waals surface area contributed by atoms with E-state index in [2.05, 4.69) is 29.8 Å². The number of hydrogen-bond acceptors (Lipinski definition) is 1. The molecular weight excluding hydrogens is 204 g/mol. The van der Waals surface area contributed by atoms with Gasteiger partial charge in [0.2, 0.25) is 0 Å². The fraction of sp³-hybridized carbons (Fsp3) is 1.00. The van der Waals surface area contributed by atoms with Crippen molar-refractivity contribution >= 4 is 15.9 Å². The third-order valence-corrected chi connectivity index (χ3v) is 3.58. The lowest BCUT2D eigenvalue weighted by Crippen LogP contribution is -2.19. The summed E-state index contributed by atoms with van der Waals surface area (Å²) in [5, 5.41) is 1.07. The molecule has 11 heavy (non-hydrogen) atoms. The molecule has 0 fully saturated rings. The Balaban J connectivity index is 3.51. The van der Waals surface area contributed by atoms with Gasteiger partial charge in [0.15, 0.2) is 0 Å². The van der Waals surface area contributed by atoms with Gasteiger partial charge in [0.25, 0.3) is 0 Å². The average molecular weight is 223 g/mol. The van der Waals surface area contributed by atoms with Crippen molar-refractivity contribution in [3.05, 3.63) is 0 Å². The molecule has 0 N–H and O–H groups in total. The van der Waals surface area contributed by atoms with Crippen molar-refractivity contribution in [3.63, 3.8) is 0 Å². The van der Waals surface area contributed by atoms with E-state index >= 15 is 0 Å². The summed E-state index contributed by atoms with van der Waals surface area (Å²) in [5.41, 5.74) is 0.426. The highest BCUT2D eigenvalue weighted by atomic mass is 79.9. The van der Waals surface area contributed by atoms with Crippen LogP contribution < -0.4 is 0 Å². The molecular formula is C9H19BrO. The van der Waals surface area contributed by atoms with Crippen LogP contribution in [0.4, 0.5) is 0 Å². The van der Waals surface area contributed by atoms with E-state index in [4.69, 9.17) is 4.74 Å². The smallest absolute Gasteiger partial charge is 0.0471 e.